The predicted molar refractivity (Wildman–Crippen MR) is 127 cm³/mol. The molecule has 33 heavy (non-hydrogen) atoms. The van der Waals surface area contributed by atoms with E-state index in [0.717, 1.165) is 43.8 Å². The second-order valence-corrected chi connectivity index (χ2v) is 9.70. The number of aromatic nitrogens is 3. The van der Waals surface area contributed by atoms with E-state index in [2.05, 4.69) is 70.6 Å². The highest BCUT2D eigenvalue weighted by molar-refractivity contribution is 5.47. The minimum absolute atomic E-state index is 0.104. The van der Waals surface area contributed by atoms with Gasteiger partial charge in [-0.1, -0.05) is 32.9 Å². The summed E-state index contributed by atoms with van der Waals surface area (Å²) in [5.74, 6) is 2.99. The monoisotopic (exact) mass is 456 g/mol. The van der Waals surface area contributed by atoms with E-state index in [0.29, 0.717) is 36.7 Å². The van der Waals surface area contributed by atoms with E-state index >= 15 is 0 Å². The summed E-state index contributed by atoms with van der Waals surface area (Å²) in [5.41, 5.74) is 0.462. The minimum Gasteiger partial charge on any atom is -0.473 e. The SMILES string of the molecule is CC(C)c1cc(CNc2nc(NC3(C(C)C)CCN=N3)cc(OC3CCCN(C)C3)n2)on1. The summed E-state index contributed by atoms with van der Waals surface area (Å²) >= 11 is 0. The van der Waals surface area contributed by atoms with Crippen molar-refractivity contribution < 1.29 is 9.26 Å². The van der Waals surface area contributed by atoms with Gasteiger partial charge in [0.2, 0.25) is 11.8 Å². The molecule has 2 aliphatic rings. The summed E-state index contributed by atoms with van der Waals surface area (Å²) in [6.45, 7) is 11.6. The van der Waals surface area contributed by atoms with Gasteiger partial charge < -0.3 is 24.8 Å². The van der Waals surface area contributed by atoms with Crippen LogP contribution in [0, 0.1) is 5.92 Å². The number of likely N-dealkylation sites (N-methyl/N-ethyl adjacent to an activating group) is 1. The van der Waals surface area contributed by atoms with Gasteiger partial charge in [0.15, 0.2) is 11.4 Å². The molecule has 0 saturated carbocycles. The van der Waals surface area contributed by atoms with Crippen molar-refractivity contribution >= 4 is 11.8 Å². The van der Waals surface area contributed by atoms with Crippen LogP contribution in [0.2, 0.25) is 0 Å². The number of ether oxygens (including phenoxy) is 1. The molecule has 2 atom stereocenters. The minimum atomic E-state index is -0.467. The lowest BCUT2D eigenvalue weighted by Gasteiger charge is -2.31. The maximum atomic E-state index is 6.29. The fraction of sp³-hybridized carbons (Fsp3) is 0.696. The first kappa shape index (κ1) is 23.4. The van der Waals surface area contributed by atoms with Crippen LogP contribution < -0.4 is 15.4 Å². The molecule has 4 rings (SSSR count). The van der Waals surface area contributed by atoms with Crippen LogP contribution in [-0.4, -0.2) is 58.5 Å². The number of rotatable bonds is 9. The normalized spacial score (nSPS) is 23.4. The van der Waals surface area contributed by atoms with Crippen molar-refractivity contribution in [2.75, 3.05) is 37.3 Å². The molecule has 0 aliphatic carbocycles. The molecule has 2 N–H and O–H groups in total. The van der Waals surface area contributed by atoms with Gasteiger partial charge in [0.1, 0.15) is 11.9 Å². The van der Waals surface area contributed by atoms with E-state index in [4.69, 9.17) is 14.2 Å². The summed E-state index contributed by atoms with van der Waals surface area (Å²) in [5, 5.41) is 19.7. The molecule has 0 amide bonds. The van der Waals surface area contributed by atoms with Gasteiger partial charge in [-0.15, -0.1) is 0 Å². The highest BCUT2D eigenvalue weighted by Crippen LogP contribution is 2.33. The summed E-state index contributed by atoms with van der Waals surface area (Å²) < 4.78 is 11.7. The van der Waals surface area contributed by atoms with Crippen LogP contribution in [0.4, 0.5) is 11.8 Å². The number of anilines is 2. The van der Waals surface area contributed by atoms with Gasteiger partial charge in [0, 0.05) is 25.1 Å². The van der Waals surface area contributed by atoms with Gasteiger partial charge in [-0.25, -0.2) is 0 Å². The summed E-state index contributed by atoms with van der Waals surface area (Å²) in [7, 11) is 2.12. The maximum Gasteiger partial charge on any atom is 0.228 e. The van der Waals surface area contributed by atoms with Crippen LogP contribution in [0.1, 0.15) is 64.3 Å². The van der Waals surface area contributed by atoms with E-state index in [1.54, 1.807) is 0 Å². The average molecular weight is 457 g/mol. The molecule has 0 aromatic carbocycles. The van der Waals surface area contributed by atoms with Crippen LogP contribution >= 0.6 is 0 Å². The standard InChI is InChI=1S/C23H36N8O2/c1-15(2)19-11-18(33-29-19)13-24-22-26-20(28-23(16(3)4)8-9-25-30-23)12-21(27-22)32-17-7-6-10-31(5)14-17/h11-12,15-17H,6-10,13-14H2,1-5H3,(H2,24,26,27,28). The molecule has 0 bridgehead atoms. The average Bonchev–Trinajstić information content (AvgIpc) is 3.43. The topological polar surface area (TPSA) is 113 Å². The maximum absolute atomic E-state index is 6.29. The number of likely N-dealkylation sites (tertiary alicyclic amines) is 1. The molecule has 1 saturated heterocycles. The molecule has 0 radical (unpaired) electrons. The van der Waals surface area contributed by atoms with E-state index in [1.165, 1.54) is 0 Å². The number of nitrogens with zero attached hydrogens (tertiary/aromatic N) is 6. The molecule has 0 spiro atoms. The zero-order valence-corrected chi connectivity index (χ0v) is 20.3. The van der Waals surface area contributed by atoms with Crippen molar-refractivity contribution in [3.63, 3.8) is 0 Å². The fourth-order valence-electron chi connectivity index (χ4n) is 4.17. The molecule has 4 heterocycles. The quantitative estimate of drug-likeness (QED) is 0.574. The molecular weight excluding hydrogens is 420 g/mol. The van der Waals surface area contributed by atoms with E-state index in [-0.39, 0.29) is 12.0 Å². The molecule has 2 aliphatic heterocycles. The lowest BCUT2D eigenvalue weighted by Crippen LogP contribution is -2.40. The first-order valence-corrected chi connectivity index (χ1v) is 11.9. The highest BCUT2D eigenvalue weighted by Gasteiger charge is 2.37. The first-order chi connectivity index (χ1) is 15.8. The van der Waals surface area contributed by atoms with Crippen molar-refractivity contribution in [1.29, 1.82) is 0 Å². The number of hydrogen-bond acceptors (Lipinski definition) is 10. The Hall–Kier alpha value is -2.75. The Kier molecular flexibility index (Phi) is 7.11. The summed E-state index contributed by atoms with van der Waals surface area (Å²) in [4.78, 5) is 11.6. The van der Waals surface area contributed by atoms with Gasteiger partial charge in [-0.2, -0.15) is 20.2 Å². The van der Waals surface area contributed by atoms with Gasteiger partial charge >= 0.3 is 0 Å². The van der Waals surface area contributed by atoms with Crippen LogP contribution in [-0.2, 0) is 6.54 Å². The molecule has 180 valence electrons. The van der Waals surface area contributed by atoms with Crippen molar-refractivity contribution in [2.24, 2.45) is 16.1 Å². The van der Waals surface area contributed by atoms with Crippen LogP contribution in [0.3, 0.4) is 0 Å². The second-order valence-electron chi connectivity index (χ2n) is 9.70. The molecule has 10 nitrogen and oxygen atoms in total. The highest BCUT2D eigenvalue weighted by atomic mass is 16.5. The second kappa shape index (κ2) is 10.0. The third-order valence-electron chi connectivity index (χ3n) is 6.30. The number of azo groups is 1. The Morgan fingerprint density at radius 2 is 2.09 bits per heavy atom. The number of nitrogens with one attached hydrogen (secondary N) is 2. The van der Waals surface area contributed by atoms with Gasteiger partial charge in [0.05, 0.1) is 18.8 Å². The molecular formula is C23H36N8O2. The van der Waals surface area contributed by atoms with E-state index in [9.17, 15) is 0 Å². The zero-order valence-electron chi connectivity index (χ0n) is 20.3. The van der Waals surface area contributed by atoms with Crippen molar-refractivity contribution in [1.82, 2.24) is 20.0 Å². The Morgan fingerprint density at radius 1 is 1.24 bits per heavy atom. The van der Waals surface area contributed by atoms with E-state index < -0.39 is 5.66 Å². The van der Waals surface area contributed by atoms with Gasteiger partial charge in [-0.3, -0.25) is 0 Å². The Bertz CT molecular complexity index is 960. The smallest absolute Gasteiger partial charge is 0.228 e. The van der Waals surface area contributed by atoms with Crippen LogP contribution in [0.15, 0.2) is 26.9 Å². The molecule has 10 heteroatoms. The third kappa shape index (κ3) is 5.79. The Morgan fingerprint density at radius 3 is 2.76 bits per heavy atom. The van der Waals surface area contributed by atoms with Crippen LogP contribution in [0.5, 0.6) is 5.88 Å². The zero-order chi connectivity index (χ0) is 23.4. The Labute approximate surface area is 195 Å². The number of piperidine rings is 1. The Balaban J connectivity index is 1.54. The first-order valence-electron chi connectivity index (χ1n) is 11.9. The van der Waals surface area contributed by atoms with Crippen molar-refractivity contribution in [3.8, 4) is 5.88 Å². The molecule has 2 aromatic heterocycles. The fourth-order valence-corrected chi connectivity index (χ4v) is 4.17. The largest absolute Gasteiger partial charge is 0.473 e. The molecule has 1 fully saturated rings. The van der Waals surface area contributed by atoms with Crippen molar-refractivity contribution in [3.05, 3.63) is 23.6 Å². The van der Waals surface area contributed by atoms with Crippen LogP contribution in [0.25, 0.3) is 0 Å². The summed E-state index contributed by atoms with van der Waals surface area (Å²) in [6, 6.07) is 3.82. The molecule has 2 unspecified atom stereocenters. The number of hydrogen-bond donors (Lipinski definition) is 2. The lowest BCUT2D eigenvalue weighted by atomic mass is 9.94. The third-order valence-corrected chi connectivity index (χ3v) is 6.30. The summed E-state index contributed by atoms with van der Waals surface area (Å²) in [6.07, 6.45) is 3.06. The van der Waals surface area contributed by atoms with Crippen molar-refractivity contribution in [2.45, 2.75) is 71.2 Å². The van der Waals surface area contributed by atoms with Gasteiger partial charge in [0.25, 0.3) is 0 Å². The predicted octanol–water partition coefficient (Wildman–Crippen LogP) is 4.29. The molecule has 2 aromatic rings. The van der Waals surface area contributed by atoms with Gasteiger partial charge in [-0.05, 0) is 38.3 Å². The van der Waals surface area contributed by atoms with E-state index in [1.807, 2.05) is 12.1 Å². The lowest BCUT2D eigenvalue weighted by molar-refractivity contribution is 0.100.